The van der Waals surface area contributed by atoms with E-state index in [1.165, 1.54) is 0 Å². The van der Waals surface area contributed by atoms with Crippen LogP contribution in [0.25, 0.3) is 0 Å². The number of halogens is 3. The zero-order valence-electron chi connectivity index (χ0n) is 9.58. The van der Waals surface area contributed by atoms with Gasteiger partial charge in [0, 0.05) is 26.4 Å². The highest BCUT2D eigenvalue weighted by Gasteiger charge is 2.09. The van der Waals surface area contributed by atoms with Gasteiger partial charge in [0.05, 0.1) is 5.02 Å². The van der Waals surface area contributed by atoms with Crippen LogP contribution in [-0.4, -0.2) is 5.91 Å². The van der Waals surface area contributed by atoms with Gasteiger partial charge in [0.1, 0.15) is 0 Å². The topological polar surface area (TPSA) is 55.1 Å². The fourth-order valence-electron chi connectivity index (χ4n) is 1.52. The van der Waals surface area contributed by atoms with Crippen molar-refractivity contribution in [2.75, 3.05) is 11.1 Å². The standard InChI is InChI=1S/C13H9BrCl2N2O/c14-11-2-1-10(6-12(11)16)18-13(19)7-3-8(15)5-9(17)4-7/h1-6H,17H2,(H,18,19). The number of carbonyl (C=O) groups is 1. The number of rotatable bonds is 2. The molecule has 1 amide bonds. The number of nitrogens with two attached hydrogens (primary N) is 1. The van der Waals surface area contributed by atoms with Crippen LogP contribution in [0.4, 0.5) is 11.4 Å². The van der Waals surface area contributed by atoms with Gasteiger partial charge >= 0.3 is 0 Å². The second-order valence-electron chi connectivity index (χ2n) is 3.86. The maximum atomic E-state index is 12.0. The first-order valence-electron chi connectivity index (χ1n) is 5.28. The number of anilines is 2. The summed E-state index contributed by atoms with van der Waals surface area (Å²) in [5.41, 5.74) is 7.07. The lowest BCUT2D eigenvalue weighted by molar-refractivity contribution is 0.102. The Kier molecular flexibility index (Phi) is 4.34. The molecule has 0 fully saturated rings. The van der Waals surface area contributed by atoms with Crippen molar-refractivity contribution in [2.45, 2.75) is 0 Å². The molecule has 6 heteroatoms. The molecular formula is C13H9BrCl2N2O. The van der Waals surface area contributed by atoms with Crippen molar-refractivity contribution in [3.05, 3.63) is 56.5 Å². The number of carbonyl (C=O) groups excluding carboxylic acids is 1. The maximum absolute atomic E-state index is 12.0. The third-order valence-electron chi connectivity index (χ3n) is 2.36. The number of nitrogen functional groups attached to an aromatic ring is 1. The summed E-state index contributed by atoms with van der Waals surface area (Å²) < 4.78 is 0.763. The van der Waals surface area contributed by atoms with Crippen molar-refractivity contribution in [3.63, 3.8) is 0 Å². The zero-order chi connectivity index (χ0) is 14.0. The van der Waals surface area contributed by atoms with E-state index in [-0.39, 0.29) is 5.91 Å². The summed E-state index contributed by atoms with van der Waals surface area (Å²) in [6.45, 7) is 0. The van der Waals surface area contributed by atoms with Gasteiger partial charge in [-0.1, -0.05) is 23.2 Å². The summed E-state index contributed by atoms with van der Waals surface area (Å²) in [4.78, 5) is 12.0. The largest absolute Gasteiger partial charge is 0.399 e. The second kappa shape index (κ2) is 5.82. The first kappa shape index (κ1) is 14.2. The lowest BCUT2D eigenvalue weighted by Crippen LogP contribution is -2.12. The Labute approximate surface area is 128 Å². The van der Waals surface area contributed by atoms with E-state index in [0.29, 0.717) is 27.0 Å². The van der Waals surface area contributed by atoms with Crippen LogP contribution in [0.2, 0.25) is 10.0 Å². The van der Waals surface area contributed by atoms with Crippen LogP contribution in [0, 0.1) is 0 Å². The number of amides is 1. The molecule has 3 nitrogen and oxygen atoms in total. The van der Waals surface area contributed by atoms with Crippen molar-refractivity contribution in [1.82, 2.24) is 0 Å². The Morgan fingerprint density at radius 1 is 1.16 bits per heavy atom. The van der Waals surface area contributed by atoms with Crippen LogP contribution >= 0.6 is 39.1 Å². The molecule has 2 aromatic rings. The van der Waals surface area contributed by atoms with Crippen LogP contribution in [0.1, 0.15) is 10.4 Å². The lowest BCUT2D eigenvalue weighted by atomic mass is 10.2. The van der Waals surface area contributed by atoms with Crippen LogP contribution in [0.15, 0.2) is 40.9 Å². The van der Waals surface area contributed by atoms with E-state index in [0.717, 1.165) is 4.47 Å². The zero-order valence-corrected chi connectivity index (χ0v) is 12.7. The van der Waals surface area contributed by atoms with Gasteiger partial charge in [-0.05, 0) is 52.3 Å². The molecule has 0 aliphatic heterocycles. The summed E-state index contributed by atoms with van der Waals surface area (Å²) in [6, 6.07) is 9.83. The fourth-order valence-corrected chi connectivity index (χ4v) is 2.19. The lowest BCUT2D eigenvalue weighted by Gasteiger charge is -2.07. The molecule has 2 rings (SSSR count). The van der Waals surface area contributed by atoms with Crippen molar-refractivity contribution in [3.8, 4) is 0 Å². The average Bonchev–Trinajstić information content (AvgIpc) is 2.32. The van der Waals surface area contributed by atoms with Gasteiger partial charge in [0.15, 0.2) is 0 Å². The average molecular weight is 360 g/mol. The van der Waals surface area contributed by atoms with Crippen molar-refractivity contribution in [1.29, 1.82) is 0 Å². The summed E-state index contributed by atoms with van der Waals surface area (Å²) >= 11 is 15.1. The highest BCUT2D eigenvalue weighted by molar-refractivity contribution is 9.10. The van der Waals surface area contributed by atoms with Gasteiger partial charge < -0.3 is 11.1 Å². The minimum absolute atomic E-state index is 0.299. The van der Waals surface area contributed by atoms with E-state index in [1.807, 2.05) is 0 Å². The highest BCUT2D eigenvalue weighted by Crippen LogP contribution is 2.26. The Bertz CT molecular complexity index is 626. The predicted octanol–water partition coefficient (Wildman–Crippen LogP) is 4.59. The second-order valence-corrected chi connectivity index (χ2v) is 5.55. The Morgan fingerprint density at radius 2 is 1.89 bits per heavy atom. The number of hydrogen-bond donors (Lipinski definition) is 2. The maximum Gasteiger partial charge on any atom is 0.255 e. The first-order chi connectivity index (χ1) is 8.95. The molecule has 0 radical (unpaired) electrons. The summed E-state index contributed by atoms with van der Waals surface area (Å²) in [5, 5.41) is 3.66. The molecule has 0 spiro atoms. The number of nitrogens with one attached hydrogen (secondary N) is 1. The van der Waals surface area contributed by atoms with Crippen LogP contribution < -0.4 is 11.1 Å². The highest BCUT2D eigenvalue weighted by atomic mass is 79.9. The summed E-state index contributed by atoms with van der Waals surface area (Å²) in [5.74, 6) is -0.299. The van der Waals surface area contributed by atoms with Crippen molar-refractivity contribution < 1.29 is 4.79 Å². The van der Waals surface area contributed by atoms with Gasteiger partial charge in [-0.25, -0.2) is 0 Å². The molecule has 98 valence electrons. The third-order valence-corrected chi connectivity index (χ3v) is 3.81. The summed E-state index contributed by atoms with van der Waals surface area (Å²) in [6.07, 6.45) is 0. The van der Waals surface area contributed by atoms with Gasteiger partial charge in [0.25, 0.3) is 5.91 Å². The molecule has 0 bridgehead atoms. The van der Waals surface area contributed by atoms with Crippen LogP contribution in [-0.2, 0) is 0 Å². The summed E-state index contributed by atoms with van der Waals surface area (Å²) in [7, 11) is 0. The first-order valence-corrected chi connectivity index (χ1v) is 6.83. The normalized spacial score (nSPS) is 10.3. The minimum Gasteiger partial charge on any atom is -0.399 e. The van der Waals surface area contributed by atoms with Crippen molar-refractivity contribution >= 4 is 56.4 Å². The molecule has 0 atom stereocenters. The number of hydrogen-bond acceptors (Lipinski definition) is 2. The SMILES string of the molecule is Nc1cc(Cl)cc(C(=O)Nc2ccc(Br)c(Cl)c2)c1. The van der Waals surface area contributed by atoms with E-state index < -0.39 is 0 Å². The fraction of sp³-hybridized carbons (Fsp3) is 0. The minimum atomic E-state index is -0.299. The monoisotopic (exact) mass is 358 g/mol. The number of benzene rings is 2. The molecule has 0 unspecified atom stereocenters. The molecule has 0 aliphatic carbocycles. The van der Waals surface area contributed by atoms with Crippen LogP contribution in [0.3, 0.4) is 0 Å². The molecule has 0 heterocycles. The van der Waals surface area contributed by atoms with Crippen LogP contribution in [0.5, 0.6) is 0 Å². The Balaban J connectivity index is 2.22. The quantitative estimate of drug-likeness (QED) is 0.770. The molecule has 0 aromatic heterocycles. The molecule has 0 saturated heterocycles. The molecule has 0 saturated carbocycles. The predicted molar refractivity (Wildman–Crippen MR) is 83.0 cm³/mol. The smallest absolute Gasteiger partial charge is 0.255 e. The Hall–Kier alpha value is -1.23. The third kappa shape index (κ3) is 3.62. The van der Waals surface area contributed by atoms with E-state index >= 15 is 0 Å². The molecule has 2 aromatic carbocycles. The van der Waals surface area contributed by atoms with Gasteiger partial charge in [0.2, 0.25) is 0 Å². The Morgan fingerprint density at radius 3 is 2.53 bits per heavy atom. The molecule has 3 N–H and O–H groups in total. The molecule has 0 aliphatic rings. The molecule has 19 heavy (non-hydrogen) atoms. The van der Waals surface area contributed by atoms with Crippen molar-refractivity contribution in [2.24, 2.45) is 0 Å². The van der Waals surface area contributed by atoms with Gasteiger partial charge in [-0.2, -0.15) is 0 Å². The van der Waals surface area contributed by atoms with E-state index in [2.05, 4.69) is 21.2 Å². The van der Waals surface area contributed by atoms with E-state index in [4.69, 9.17) is 28.9 Å². The van der Waals surface area contributed by atoms with Gasteiger partial charge in [-0.3, -0.25) is 4.79 Å². The van der Waals surface area contributed by atoms with Gasteiger partial charge in [-0.15, -0.1) is 0 Å². The van der Waals surface area contributed by atoms with E-state index in [1.54, 1.807) is 36.4 Å². The molecular weight excluding hydrogens is 351 g/mol. The van der Waals surface area contributed by atoms with E-state index in [9.17, 15) is 4.79 Å².